The van der Waals surface area contributed by atoms with E-state index in [9.17, 15) is 24.0 Å². The van der Waals surface area contributed by atoms with E-state index in [0.29, 0.717) is 20.5 Å². The second-order valence-electron chi connectivity index (χ2n) is 7.18. The lowest BCUT2D eigenvalue weighted by molar-refractivity contribution is -0.149. The third-order valence-electron chi connectivity index (χ3n) is 5.17. The fourth-order valence-corrected chi connectivity index (χ4v) is 6.64. The van der Waals surface area contributed by atoms with E-state index in [1.54, 1.807) is 19.1 Å². The summed E-state index contributed by atoms with van der Waals surface area (Å²) in [5.74, 6) is -4.79. The number of imide groups is 1. The smallest absolute Gasteiger partial charge is 0.344 e. The summed E-state index contributed by atoms with van der Waals surface area (Å²) in [6.07, 6.45) is 0. The number of carbonyl (C=O) groups excluding carboxylic acids is 3. The fourth-order valence-electron chi connectivity index (χ4n) is 3.93. The maximum absolute atomic E-state index is 13.2. The first-order valence-electron chi connectivity index (χ1n) is 9.75. The highest BCUT2D eigenvalue weighted by molar-refractivity contribution is 8.00. The number of aliphatic carboxylic acids is 1. The molecule has 0 bridgehead atoms. The predicted molar refractivity (Wildman–Crippen MR) is 118 cm³/mol. The SMILES string of the molecule is CCOC(=O)COc1ccc(Cl)cc1[C@@H]1c2sc(=O)[nH]c2S[C@@H]2C(=O)N(CC(=O)O)C(=O)[C@H]12. The van der Waals surface area contributed by atoms with Crippen molar-refractivity contribution in [1.82, 2.24) is 9.88 Å². The van der Waals surface area contributed by atoms with Crippen molar-refractivity contribution in [3.63, 3.8) is 0 Å². The molecule has 33 heavy (non-hydrogen) atoms. The van der Waals surface area contributed by atoms with Crippen molar-refractivity contribution in [3.8, 4) is 5.75 Å². The van der Waals surface area contributed by atoms with E-state index < -0.39 is 54.0 Å². The van der Waals surface area contributed by atoms with Crippen LogP contribution in [0.2, 0.25) is 5.02 Å². The molecule has 3 atom stereocenters. The van der Waals surface area contributed by atoms with Crippen molar-refractivity contribution in [2.45, 2.75) is 23.1 Å². The summed E-state index contributed by atoms with van der Waals surface area (Å²) in [5, 5.41) is 8.96. The summed E-state index contributed by atoms with van der Waals surface area (Å²) >= 11 is 8.14. The van der Waals surface area contributed by atoms with E-state index in [1.807, 2.05) is 0 Å². The number of aromatic nitrogens is 1. The Morgan fingerprint density at radius 3 is 2.70 bits per heavy atom. The van der Waals surface area contributed by atoms with Gasteiger partial charge in [0.15, 0.2) is 6.61 Å². The summed E-state index contributed by atoms with van der Waals surface area (Å²) in [6.45, 7) is 0.679. The Balaban J connectivity index is 1.81. The van der Waals surface area contributed by atoms with Crippen LogP contribution >= 0.6 is 34.7 Å². The molecule has 2 N–H and O–H groups in total. The third-order valence-corrected chi connectivity index (χ3v) is 7.80. The van der Waals surface area contributed by atoms with Crippen molar-refractivity contribution < 1.29 is 33.8 Å². The average Bonchev–Trinajstić information content (AvgIpc) is 3.23. The van der Waals surface area contributed by atoms with Gasteiger partial charge in [0.1, 0.15) is 17.5 Å². The van der Waals surface area contributed by atoms with E-state index in [-0.39, 0.29) is 17.2 Å². The van der Waals surface area contributed by atoms with Crippen LogP contribution in [-0.4, -0.2) is 63.8 Å². The van der Waals surface area contributed by atoms with Gasteiger partial charge in [-0.2, -0.15) is 0 Å². The number of thioether (sulfide) groups is 1. The summed E-state index contributed by atoms with van der Waals surface area (Å²) in [7, 11) is 0. The van der Waals surface area contributed by atoms with Crippen molar-refractivity contribution in [1.29, 1.82) is 0 Å². The molecule has 0 spiro atoms. The van der Waals surface area contributed by atoms with E-state index in [1.165, 1.54) is 6.07 Å². The number of hydrogen-bond donors (Lipinski definition) is 2. The molecule has 2 amide bonds. The van der Waals surface area contributed by atoms with Gasteiger partial charge in [-0.1, -0.05) is 34.7 Å². The highest BCUT2D eigenvalue weighted by Gasteiger charge is 2.56. The second-order valence-corrected chi connectivity index (χ2v) is 9.78. The minimum atomic E-state index is -1.32. The van der Waals surface area contributed by atoms with Gasteiger partial charge in [0.25, 0.3) is 0 Å². The number of esters is 1. The number of halogens is 1. The van der Waals surface area contributed by atoms with Crippen LogP contribution in [0.1, 0.15) is 23.3 Å². The molecule has 2 aliphatic heterocycles. The first-order chi connectivity index (χ1) is 15.7. The molecule has 0 aliphatic carbocycles. The van der Waals surface area contributed by atoms with Crippen molar-refractivity contribution in [2.75, 3.05) is 19.8 Å². The molecule has 1 aromatic carbocycles. The van der Waals surface area contributed by atoms with E-state index in [2.05, 4.69) is 4.98 Å². The first-order valence-corrected chi connectivity index (χ1v) is 11.8. The Kier molecular flexibility index (Phi) is 6.50. The average molecular weight is 513 g/mol. The first kappa shape index (κ1) is 23.3. The minimum absolute atomic E-state index is 0.177. The number of aromatic amines is 1. The topological polar surface area (TPSA) is 143 Å². The summed E-state index contributed by atoms with van der Waals surface area (Å²) in [6, 6.07) is 4.61. The van der Waals surface area contributed by atoms with Gasteiger partial charge >= 0.3 is 16.8 Å². The van der Waals surface area contributed by atoms with Gasteiger partial charge in [-0.3, -0.25) is 24.1 Å². The molecule has 174 valence electrons. The number of benzene rings is 1. The number of ether oxygens (including phenoxy) is 2. The molecule has 13 heteroatoms. The molecule has 2 aliphatic rings. The van der Waals surface area contributed by atoms with E-state index in [4.69, 9.17) is 26.2 Å². The number of carboxylic acid groups (broad SMARTS) is 1. The number of fused-ring (bicyclic) bond motifs is 2. The van der Waals surface area contributed by atoms with Gasteiger partial charge in [-0.15, -0.1) is 0 Å². The van der Waals surface area contributed by atoms with Crippen LogP contribution < -0.4 is 9.61 Å². The molecular weight excluding hydrogens is 496 g/mol. The Hall–Kier alpha value is -2.83. The number of nitrogens with zero attached hydrogens (tertiary/aromatic N) is 1. The number of carbonyl (C=O) groups is 4. The molecule has 1 saturated heterocycles. The van der Waals surface area contributed by atoms with E-state index in [0.717, 1.165) is 28.0 Å². The van der Waals surface area contributed by atoms with Gasteiger partial charge in [0.05, 0.1) is 17.6 Å². The van der Waals surface area contributed by atoms with Gasteiger partial charge in [-0.05, 0) is 25.1 Å². The number of carboxylic acids is 1. The van der Waals surface area contributed by atoms with Crippen LogP contribution in [0.25, 0.3) is 0 Å². The van der Waals surface area contributed by atoms with Crippen molar-refractivity contribution >= 4 is 58.5 Å². The molecule has 1 aromatic heterocycles. The zero-order valence-corrected chi connectivity index (χ0v) is 19.4. The Morgan fingerprint density at radius 2 is 2.00 bits per heavy atom. The van der Waals surface area contributed by atoms with Crippen LogP contribution in [0, 0.1) is 5.92 Å². The normalized spacial score (nSPS) is 21.5. The molecular formula is C20H17ClN2O8S2. The quantitative estimate of drug-likeness (QED) is 0.418. The Bertz CT molecular complexity index is 1210. The van der Waals surface area contributed by atoms with Gasteiger partial charge in [0.2, 0.25) is 11.8 Å². The molecule has 0 saturated carbocycles. The van der Waals surface area contributed by atoms with Crippen molar-refractivity contribution in [3.05, 3.63) is 43.3 Å². The summed E-state index contributed by atoms with van der Waals surface area (Å²) in [5.41, 5.74) is 0.400. The number of hydrogen-bond acceptors (Lipinski definition) is 9. The summed E-state index contributed by atoms with van der Waals surface area (Å²) < 4.78 is 10.5. The molecule has 4 rings (SSSR count). The van der Waals surface area contributed by atoms with Crippen LogP contribution in [-0.2, 0) is 23.9 Å². The molecule has 2 aromatic rings. The highest BCUT2D eigenvalue weighted by atomic mass is 35.5. The van der Waals surface area contributed by atoms with Crippen LogP contribution in [0.15, 0.2) is 28.0 Å². The lowest BCUT2D eigenvalue weighted by atomic mass is 9.82. The predicted octanol–water partition coefficient (Wildman–Crippen LogP) is 1.71. The molecule has 3 heterocycles. The largest absolute Gasteiger partial charge is 0.482 e. The molecule has 1 fully saturated rings. The number of thiazole rings is 1. The second kappa shape index (κ2) is 9.20. The zero-order chi connectivity index (χ0) is 23.9. The lowest BCUT2D eigenvalue weighted by Crippen LogP contribution is -2.36. The standard InChI is InChI=1S/C20H17ClN2O8S2/c1-2-30-12(26)7-31-10-4-3-8(21)5-9(10)13-14-16(32-17-15(13)33-20(29)22-17)19(28)23(18(14)27)6-11(24)25/h3-5,13-14,16H,2,6-7H2,1H3,(H,22,29)(H,24,25)/t13-,14+,16-/m0/s1. The van der Waals surface area contributed by atoms with Crippen LogP contribution in [0.4, 0.5) is 0 Å². The van der Waals surface area contributed by atoms with Gasteiger partial charge in [-0.25, -0.2) is 4.79 Å². The molecule has 10 nitrogen and oxygen atoms in total. The summed E-state index contributed by atoms with van der Waals surface area (Å²) in [4.78, 5) is 64.9. The Labute approximate surface area is 199 Å². The fraction of sp³-hybridized carbons (Fsp3) is 0.350. The lowest BCUT2D eigenvalue weighted by Gasteiger charge is -2.31. The maximum Gasteiger partial charge on any atom is 0.344 e. The number of H-pyrrole nitrogens is 1. The number of nitrogens with one attached hydrogen (secondary N) is 1. The monoisotopic (exact) mass is 512 g/mol. The zero-order valence-electron chi connectivity index (χ0n) is 17.0. The minimum Gasteiger partial charge on any atom is -0.482 e. The maximum atomic E-state index is 13.2. The van der Waals surface area contributed by atoms with Crippen molar-refractivity contribution in [2.24, 2.45) is 5.92 Å². The molecule has 0 radical (unpaired) electrons. The number of rotatable bonds is 7. The van der Waals surface area contributed by atoms with Crippen LogP contribution in [0.5, 0.6) is 5.75 Å². The van der Waals surface area contributed by atoms with Crippen LogP contribution in [0.3, 0.4) is 0 Å². The third kappa shape index (κ3) is 4.37. The van der Waals surface area contributed by atoms with E-state index >= 15 is 0 Å². The number of likely N-dealkylation sites (tertiary alicyclic amines) is 1. The highest BCUT2D eigenvalue weighted by Crippen LogP contribution is 2.54. The number of amides is 2. The van der Waals surface area contributed by atoms with Gasteiger partial charge in [0, 0.05) is 21.4 Å². The molecule has 0 unspecified atom stereocenters. The van der Waals surface area contributed by atoms with Gasteiger partial charge < -0.3 is 19.6 Å². The Morgan fingerprint density at radius 1 is 1.24 bits per heavy atom.